The topological polar surface area (TPSA) is 115 Å². The van der Waals surface area contributed by atoms with Crippen molar-refractivity contribution in [2.75, 3.05) is 20.0 Å². The van der Waals surface area contributed by atoms with E-state index in [1.807, 2.05) is 24.3 Å². The van der Waals surface area contributed by atoms with Crippen LogP contribution in [0.5, 0.6) is 23.0 Å². The quantitative estimate of drug-likeness (QED) is 0.418. The number of benzene rings is 3. The number of carbonyl (C=O) groups excluding carboxylic acids is 1. The maximum atomic E-state index is 12.5. The van der Waals surface area contributed by atoms with Gasteiger partial charge in [0, 0.05) is 29.8 Å². The van der Waals surface area contributed by atoms with E-state index in [2.05, 4.69) is 10.5 Å². The highest BCUT2D eigenvalue weighted by atomic mass is 16.5. The first-order valence-electron chi connectivity index (χ1n) is 9.93. The Balaban J connectivity index is 1.68. The predicted octanol–water partition coefficient (Wildman–Crippen LogP) is 3.65. The third kappa shape index (κ3) is 4.29. The zero-order valence-electron chi connectivity index (χ0n) is 17.7. The second-order valence-electron chi connectivity index (χ2n) is 7.22. The molecule has 164 valence electrons. The predicted molar refractivity (Wildman–Crippen MR) is 120 cm³/mol. The minimum absolute atomic E-state index is 0.0481. The first kappa shape index (κ1) is 21.0. The number of amides is 1. The largest absolute Gasteiger partial charge is 0.507 e. The van der Waals surface area contributed by atoms with Gasteiger partial charge < -0.3 is 25.1 Å². The van der Waals surface area contributed by atoms with Crippen molar-refractivity contribution in [2.45, 2.75) is 12.5 Å². The lowest BCUT2D eigenvalue weighted by Gasteiger charge is -2.28. The van der Waals surface area contributed by atoms with Gasteiger partial charge in [-0.25, -0.2) is 5.43 Å². The number of anilines is 1. The van der Waals surface area contributed by atoms with Crippen LogP contribution in [0.3, 0.4) is 0 Å². The molecule has 3 aromatic carbocycles. The Hall–Kier alpha value is -4.20. The number of fused-ring (bicyclic) bond motifs is 1. The average Bonchev–Trinajstić information content (AvgIpc) is 2.82. The fraction of sp³-hybridized carbons (Fsp3) is 0.167. The van der Waals surface area contributed by atoms with Crippen molar-refractivity contribution in [2.24, 2.45) is 5.10 Å². The summed E-state index contributed by atoms with van der Waals surface area (Å²) in [5.41, 5.74) is 11.0. The summed E-state index contributed by atoms with van der Waals surface area (Å²) in [6, 6.07) is 17.2. The number of hydrazone groups is 1. The van der Waals surface area contributed by atoms with Crippen molar-refractivity contribution in [3.63, 3.8) is 0 Å². The molecule has 1 atom stereocenters. The number of aromatic hydroxyl groups is 1. The Kier molecular flexibility index (Phi) is 5.85. The van der Waals surface area contributed by atoms with Crippen molar-refractivity contribution in [3.05, 3.63) is 77.4 Å². The molecule has 0 aliphatic carbocycles. The standard InChI is InChI=1S/C24H23N3O5/c1-30-17-9-5-14(6-10-17)21-13-19(23-20(28)11-18(31-2)12-22(23)32-21)26-27-24(29)15-3-7-16(25)8-4-15/h3-12,21,28H,13,25H2,1-2H3,(H,27,29)/b26-19+/t21-/m0/s1. The van der Waals surface area contributed by atoms with Gasteiger partial charge in [0.2, 0.25) is 0 Å². The third-order valence-corrected chi connectivity index (χ3v) is 5.18. The molecule has 1 heterocycles. The molecule has 4 rings (SSSR count). The van der Waals surface area contributed by atoms with Crippen molar-refractivity contribution in [1.82, 2.24) is 5.43 Å². The first-order chi connectivity index (χ1) is 15.5. The Morgan fingerprint density at radius 3 is 2.41 bits per heavy atom. The van der Waals surface area contributed by atoms with Crippen LogP contribution in [0.1, 0.15) is 34.0 Å². The third-order valence-electron chi connectivity index (χ3n) is 5.18. The Bertz CT molecular complexity index is 1160. The van der Waals surface area contributed by atoms with Crippen molar-refractivity contribution in [1.29, 1.82) is 0 Å². The van der Waals surface area contributed by atoms with Crippen LogP contribution < -0.4 is 25.4 Å². The molecule has 0 saturated heterocycles. The molecule has 8 heteroatoms. The molecule has 1 aliphatic heterocycles. The summed E-state index contributed by atoms with van der Waals surface area (Å²) in [6.07, 6.45) is -0.0478. The summed E-state index contributed by atoms with van der Waals surface area (Å²) in [5, 5.41) is 14.9. The van der Waals surface area contributed by atoms with Crippen molar-refractivity contribution >= 4 is 17.3 Å². The van der Waals surface area contributed by atoms with Crippen LogP contribution in [0.25, 0.3) is 0 Å². The summed E-state index contributed by atoms with van der Waals surface area (Å²) in [6.45, 7) is 0. The van der Waals surface area contributed by atoms with E-state index >= 15 is 0 Å². The molecule has 0 aromatic heterocycles. The van der Waals surface area contributed by atoms with Gasteiger partial charge in [-0.15, -0.1) is 0 Å². The molecule has 3 aromatic rings. The monoisotopic (exact) mass is 433 g/mol. The second kappa shape index (κ2) is 8.89. The number of carbonyl (C=O) groups is 1. The van der Waals surface area contributed by atoms with E-state index in [-0.39, 0.29) is 17.8 Å². The SMILES string of the molecule is COc1ccc([C@@H]2C/C(=N\NC(=O)c3ccc(N)cc3)c3c(O)cc(OC)cc3O2)cc1. The molecule has 0 bridgehead atoms. The summed E-state index contributed by atoms with van der Waals surface area (Å²) in [4.78, 5) is 12.5. The van der Waals surface area contributed by atoms with Gasteiger partial charge in [-0.2, -0.15) is 5.10 Å². The number of ether oxygens (including phenoxy) is 3. The molecular formula is C24H23N3O5. The number of nitrogen functional groups attached to an aromatic ring is 1. The van der Waals surface area contributed by atoms with Crippen LogP contribution in [0, 0.1) is 0 Å². The van der Waals surface area contributed by atoms with Crippen molar-refractivity contribution in [3.8, 4) is 23.0 Å². The number of hydrogen-bond donors (Lipinski definition) is 3. The maximum absolute atomic E-state index is 12.5. The van der Waals surface area contributed by atoms with E-state index < -0.39 is 0 Å². The molecule has 0 radical (unpaired) electrons. The molecule has 0 saturated carbocycles. The molecule has 0 spiro atoms. The highest BCUT2D eigenvalue weighted by Gasteiger charge is 2.30. The first-order valence-corrected chi connectivity index (χ1v) is 9.93. The van der Waals surface area contributed by atoms with Gasteiger partial charge in [-0.1, -0.05) is 12.1 Å². The van der Waals surface area contributed by atoms with Gasteiger partial charge >= 0.3 is 0 Å². The molecule has 1 amide bonds. The van der Waals surface area contributed by atoms with Gasteiger partial charge in [0.25, 0.3) is 5.91 Å². The number of phenolic OH excluding ortho intramolecular Hbond substituents is 1. The van der Waals surface area contributed by atoms with Gasteiger partial charge in [0.05, 0.1) is 25.5 Å². The van der Waals surface area contributed by atoms with E-state index in [0.29, 0.717) is 40.4 Å². The van der Waals surface area contributed by atoms with Gasteiger partial charge in [0.1, 0.15) is 29.1 Å². The molecule has 4 N–H and O–H groups in total. The maximum Gasteiger partial charge on any atom is 0.271 e. The lowest BCUT2D eigenvalue weighted by atomic mass is 9.94. The minimum Gasteiger partial charge on any atom is -0.507 e. The number of nitrogens with one attached hydrogen (secondary N) is 1. The van der Waals surface area contributed by atoms with Crippen molar-refractivity contribution < 1.29 is 24.1 Å². The summed E-state index contributed by atoms with van der Waals surface area (Å²) >= 11 is 0. The van der Waals surface area contributed by atoms with E-state index in [1.165, 1.54) is 13.2 Å². The van der Waals surface area contributed by atoms with Crippen LogP contribution in [0.15, 0.2) is 65.8 Å². The van der Waals surface area contributed by atoms with E-state index in [0.717, 1.165) is 11.3 Å². The molecule has 0 fully saturated rings. The summed E-state index contributed by atoms with van der Waals surface area (Å²) in [5.74, 6) is 1.15. The number of rotatable bonds is 5. The van der Waals surface area contributed by atoms with Gasteiger partial charge in [0.15, 0.2) is 0 Å². The van der Waals surface area contributed by atoms with Crippen LogP contribution in [-0.2, 0) is 0 Å². The number of methoxy groups -OCH3 is 2. The Morgan fingerprint density at radius 1 is 1.06 bits per heavy atom. The lowest BCUT2D eigenvalue weighted by Crippen LogP contribution is -2.25. The fourth-order valence-corrected chi connectivity index (χ4v) is 3.47. The van der Waals surface area contributed by atoms with E-state index in [9.17, 15) is 9.90 Å². The highest BCUT2D eigenvalue weighted by Crippen LogP contribution is 2.42. The molecular weight excluding hydrogens is 410 g/mol. The summed E-state index contributed by atoms with van der Waals surface area (Å²) in [7, 11) is 3.11. The molecule has 1 aliphatic rings. The zero-order chi connectivity index (χ0) is 22.7. The number of nitrogens with two attached hydrogens (primary N) is 1. The highest BCUT2D eigenvalue weighted by molar-refractivity contribution is 6.07. The minimum atomic E-state index is -0.389. The average molecular weight is 433 g/mol. The Morgan fingerprint density at radius 2 is 1.75 bits per heavy atom. The van der Waals surface area contributed by atoms with Gasteiger partial charge in [-0.3, -0.25) is 4.79 Å². The lowest BCUT2D eigenvalue weighted by molar-refractivity contribution is 0.0954. The Labute approximate surface area is 185 Å². The zero-order valence-corrected chi connectivity index (χ0v) is 17.7. The van der Waals surface area contributed by atoms with Crippen LogP contribution in [-0.4, -0.2) is 30.9 Å². The van der Waals surface area contributed by atoms with Crippen LogP contribution in [0.4, 0.5) is 5.69 Å². The number of hydrogen-bond acceptors (Lipinski definition) is 7. The summed E-state index contributed by atoms with van der Waals surface area (Å²) < 4.78 is 16.6. The van der Waals surface area contributed by atoms with Gasteiger partial charge in [-0.05, 0) is 42.0 Å². The van der Waals surface area contributed by atoms with E-state index in [1.54, 1.807) is 37.4 Å². The normalized spacial score (nSPS) is 16.1. The molecule has 0 unspecified atom stereocenters. The van der Waals surface area contributed by atoms with Crippen LogP contribution >= 0.6 is 0 Å². The smallest absolute Gasteiger partial charge is 0.271 e. The number of phenols is 1. The molecule has 8 nitrogen and oxygen atoms in total. The second-order valence-corrected chi connectivity index (χ2v) is 7.22. The molecule has 32 heavy (non-hydrogen) atoms. The fourth-order valence-electron chi connectivity index (χ4n) is 3.47. The number of nitrogens with zero attached hydrogens (tertiary/aromatic N) is 1. The van der Waals surface area contributed by atoms with Crippen LogP contribution in [0.2, 0.25) is 0 Å². The van der Waals surface area contributed by atoms with E-state index in [4.69, 9.17) is 19.9 Å².